The van der Waals surface area contributed by atoms with Crippen LogP contribution < -0.4 is 5.32 Å². The number of thiophene rings is 1. The van der Waals surface area contributed by atoms with Crippen molar-refractivity contribution in [2.24, 2.45) is 0 Å². The van der Waals surface area contributed by atoms with Gasteiger partial charge in [0.25, 0.3) is 0 Å². The molecule has 23 heavy (non-hydrogen) atoms. The molecule has 5 heteroatoms. The first kappa shape index (κ1) is 15.5. The number of fused-ring (bicyclic) bond motifs is 1. The standard InChI is InChI=1S/C18H17NO3S/c1-18(21,16-10-14-4-2-3-5-15(14)22-16)12-19-17(20)7-6-13-8-9-23-11-13/h2-11,21H,12H2,1H3,(H,19,20)/b7-6+. The van der Waals surface area contributed by atoms with Crippen LogP contribution in [0.15, 0.2) is 57.7 Å². The summed E-state index contributed by atoms with van der Waals surface area (Å²) in [6.45, 7) is 1.69. The molecule has 0 saturated heterocycles. The number of nitrogens with one attached hydrogen (secondary N) is 1. The van der Waals surface area contributed by atoms with Crippen LogP contribution in [0.5, 0.6) is 0 Å². The smallest absolute Gasteiger partial charge is 0.244 e. The summed E-state index contributed by atoms with van der Waals surface area (Å²) in [5.74, 6) is 0.174. The minimum absolute atomic E-state index is 0.0691. The average molecular weight is 327 g/mol. The fraction of sp³-hybridized carbons (Fsp3) is 0.167. The highest BCUT2D eigenvalue weighted by molar-refractivity contribution is 7.08. The summed E-state index contributed by atoms with van der Waals surface area (Å²) in [6, 6.07) is 11.3. The van der Waals surface area contributed by atoms with Crippen molar-refractivity contribution in [2.75, 3.05) is 6.54 Å². The zero-order valence-electron chi connectivity index (χ0n) is 12.7. The maximum Gasteiger partial charge on any atom is 0.244 e. The Morgan fingerprint density at radius 1 is 1.39 bits per heavy atom. The summed E-state index contributed by atoms with van der Waals surface area (Å²) in [7, 11) is 0. The molecule has 0 spiro atoms. The Morgan fingerprint density at radius 2 is 2.22 bits per heavy atom. The first-order valence-corrected chi connectivity index (χ1v) is 8.18. The second kappa shape index (κ2) is 6.40. The van der Waals surface area contributed by atoms with Crippen molar-refractivity contribution in [1.82, 2.24) is 5.32 Å². The van der Waals surface area contributed by atoms with Gasteiger partial charge in [-0.05, 0) is 47.5 Å². The molecule has 118 valence electrons. The number of benzene rings is 1. The Bertz CT molecular complexity index is 798. The molecule has 0 saturated carbocycles. The number of carbonyl (C=O) groups is 1. The van der Waals surface area contributed by atoms with Gasteiger partial charge in [0.05, 0.1) is 6.54 Å². The molecular formula is C18H17NO3S. The van der Waals surface area contributed by atoms with Crippen LogP contribution in [-0.2, 0) is 10.4 Å². The Kier molecular flexibility index (Phi) is 4.32. The summed E-state index contributed by atoms with van der Waals surface area (Å²) in [4.78, 5) is 11.9. The number of hydrogen-bond acceptors (Lipinski definition) is 4. The molecule has 1 aromatic carbocycles. The van der Waals surface area contributed by atoms with E-state index in [9.17, 15) is 9.90 Å². The fourth-order valence-corrected chi connectivity index (χ4v) is 2.82. The van der Waals surface area contributed by atoms with E-state index in [1.807, 2.05) is 41.1 Å². The molecule has 3 aromatic rings. The largest absolute Gasteiger partial charge is 0.458 e. The molecular weight excluding hydrogens is 310 g/mol. The first-order chi connectivity index (χ1) is 11.0. The Hall–Kier alpha value is -2.37. The van der Waals surface area contributed by atoms with Gasteiger partial charge in [0.1, 0.15) is 16.9 Å². The van der Waals surface area contributed by atoms with Crippen molar-refractivity contribution in [3.05, 3.63) is 64.6 Å². The van der Waals surface area contributed by atoms with Crippen molar-refractivity contribution in [3.63, 3.8) is 0 Å². The SMILES string of the molecule is CC(O)(CNC(=O)/C=C/c1ccsc1)c1cc2ccccc2o1. The van der Waals surface area contributed by atoms with Crippen LogP contribution in [0, 0.1) is 0 Å². The fourth-order valence-electron chi connectivity index (χ4n) is 2.19. The highest BCUT2D eigenvalue weighted by Crippen LogP contribution is 2.27. The van der Waals surface area contributed by atoms with E-state index in [0.29, 0.717) is 11.3 Å². The summed E-state index contributed by atoms with van der Waals surface area (Å²) >= 11 is 1.57. The van der Waals surface area contributed by atoms with Gasteiger partial charge < -0.3 is 14.8 Å². The minimum Gasteiger partial charge on any atom is -0.458 e. The first-order valence-electron chi connectivity index (χ1n) is 7.24. The van der Waals surface area contributed by atoms with Crippen molar-refractivity contribution in [1.29, 1.82) is 0 Å². The molecule has 4 nitrogen and oxygen atoms in total. The third kappa shape index (κ3) is 3.70. The van der Waals surface area contributed by atoms with Gasteiger partial charge >= 0.3 is 0 Å². The van der Waals surface area contributed by atoms with Crippen LogP contribution in [0.1, 0.15) is 18.2 Å². The van der Waals surface area contributed by atoms with Crippen LogP contribution >= 0.6 is 11.3 Å². The third-order valence-electron chi connectivity index (χ3n) is 3.53. The number of aliphatic hydroxyl groups is 1. The van der Waals surface area contributed by atoms with Crippen molar-refractivity contribution in [3.8, 4) is 0 Å². The summed E-state index contributed by atoms with van der Waals surface area (Å²) < 4.78 is 5.67. The van der Waals surface area contributed by atoms with E-state index in [0.717, 1.165) is 10.9 Å². The van der Waals surface area contributed by atoms with Gasteiger partial charge in [0.15, 0.2) is 0 Å². The summed E-state index contributed by atoms with van der Waals surface area (Å²) in [5.41, 5.74) is 0.422. The number of amides is 1. The summed E-state index contributed by atoms with van der Waals surface area (Å²) in [6.07, 6.45) is 3.19. The molecule has 0 radical (unpaired) electrons. The highest BCUT2D eigenvalue weighted by Gasteiger charge is 2.27. The molecule has 0 aliphatic carbocycles. The zero-order valence-corrected chi connectivity index (χ0v) is 13.5. The predicted molar refractivity (Wildman–Crippen MR) is 92.1 cm³/mol. The lowest BCUT2D eigenvalue weighted by molar-refractivity contribution is -0.117. The van der Waals surface area contributed by atoms with E-state index in [4.69, 9.17) is 4.42 Å². The maximum atomic E-state index is 11.9. The number of rotatable bonds is 5. The van der Waals surface area contributed by atoms with Crippen LogP contribution in [0.4, 0.5) is 0 Å². The maximum absolute atomic E-state index is 11.9. The molecule has 0 aliphatic heterocycles. The van der Waals surface area contributed by atoms with Crippen molar-refractivity contribution in [2.45, 2.75) is 12.5 Å². The molecule has 0 aliphatic rings. The lowest BCUT2D eigenvalue weighted by Gasteiger charge is -2.20. The second-order valence-electron chi connectivity index (χ2n) is 5.53. The van der Waals surface area contributed by atoms with Crippen molar-refractivity contribution < 1.29 is 14.3 Å². The quantitative estimate of drug-likeness (QED) is 0.705. The molecule has 2 heterocycles. The predicted octanol–water partition coefficient (Wildman–Crippen LogP) is 3.53. The highest BCUT2D eigenvalue weighted by atomic mass is 32.1. The molecule has 1 atom stereocenters. The molecule has 0 bridgehead atoms. The van der Waals surface area contributed by atoms with E-state index in [1.165, 1.54) is 6.08 Å². The number of hydrogen-bond donors (Lipinski definition) is 2. The van der Waals surface area contributed by atoms with Gasteiger partial charge in [-0.15, -0.1) is 0 Å². The third-order valence-corrected chi connectivity index (χ3v) is 4.23. The van der Waals surface area contributed by atoms with Gasteiger partial charge in [-0.25, -0.2) is 0 Å². The molecule has 2 aromatic heterocycles. The van der Waals surface area contributed by atoms with E-state index in [2.05, 4.69) is 5.32 Å². The van der Waals surface area contributed by atoms with Gasteiger partial charge in [-0.3, -0.25) is 4.79 Å². The summed E-state index contributed by atoms with van der Waals surface area (Å²) in [5, 5.41) is 18.1. The molecule has 1 amide bonds. The van der Waals surface area contributed by atoms with Gasteiger partial charge in [-0.1, -0.05) is 18.2 Å². The molecule has 0 fully saturated rings. The van der Waals surface area contributed by atoms with E-state index < -0.39 is 5.60 Å². The minimum atomic E-state index is -1.27. The molecule has 3 rings (SSSR count). The lowest BCUT2D eigenvalue weighted by Crippen LogP contribution is -2.37. The number of carbonyl (C=O) groups excluding carboxylic acids is 1. The van der Waals surface area contributed by atoms with E-state index in [1.54, 1.807) is 30.4 Å². The zero-order chi connectivity index (χ0) is 16.3. The average Bonchev–Trinajstić information content (AvgIpc) is 3.20. The van der Waals surface area contributed by atoms with Crippen LogP contribution in [0.3, 0.4) is 0 Å². The number of furan rings is 1. The topological polar surface area (TPSA) is 62.5 Å². The number of para-hydroxylation sites is 1. The van der Waals surface area contributed by atoms with Gasteiger partial charge in [0.2, 0.25) is 5.91 Å². The monoisotopic (exact) mass is 327 g/mol. The van der Waals surface area contributed by atoms with Gasteiger partial charge in [0, 0.05) is 11.5 Å². The molecule has 1 unspecified atom stereocenters. The van der Waals surface area contributed by atoms with E-state index >= 15 is 0 Å². The van der Waals surface area contributed by atoms with Crippen molar-refractivity contribution >= 4 is 34.3 Å². The van der Waals surface area contributed by atoms with E-state index in [-0.39, 0.29) is 12.5 Å². The Balaban J connectivity index is 1.65. The Labute approximate surface area is 138 Å². The molecule has 2 N–H and O–H groups in total. The normalized spacial score (nSPS) is 14.2. The second-order valence-corrected chi connectivity index (χ2v) is 6.31. The lowest BCUT2D eigenvalue weighted by atomic mass is 10.0. The Morgan fingerprint density at radius 3 is 2.96 bits per heavy atom. The van der Waals surface area contributed by atoms with Gasteiger partial charge in [-0.2, -0.15) is 11.3 Å². The van der Waals surface area contributed by atoms with Crippen LogP contribution in [0.25, 0.3) is 17.0 Å². The van der Waals surface area contributed by atoms with Crippen LogP contribution in [0.2, 0.25) is 0 Å². The van der Waals surface area contributed by atoms with Crippen LogP contribution in [-0.4, -0.2) is 17.6 Å².